The van der Waals surface area contributed by atoms with Crippen molar-refractivity contribution in [1.29, 1.82) is 0 Å². The van der Waals surface area contributed by atoms with Crippen molar-refractivity contribution in [2.75, 3.05) is 49.3 Å². The summed E-state index contributed by atoms with van der Waals surface area (Å²) in [6.45, 7) is 25.6. The number of benzene rings is 4. The Hall–Kier alpha value is -6.26. The van der Waals surface area contributed by atoms with E-state index in [1.165, 1.54) is 7.11 Å². The van der Waals surface area contributed by atoms with Gasteiger partial charge in [0.1, 0.15) is 34.4 Å². The zero-order valence-corrected chi connectivity index (χ0v) is 47.6. The number of aliphatic hydroxyl groups is 1. The lowest BCUT2D eigenvalue weighted by Gasteiger charge is -2.54. The number of rotatable bonds is 11. The second-order valence-corrected chi connectivity index (χ2v) is 26.4. The zero-order valence-electron chi connectivity index (χ0n) is 46.6. The quantitative estimate of drug-likeness (QED) is 0.0933. The highest BCUT2D eigenvalue weighted by molar-refractivity contribution is 6.74. The highest BCUT2D eigenvalue weighted by Crippen LogP contribution is 2.51. The van der Waals surface area contributed by atoms with Crippen LogP contribution in [0.3, 0.4) is 0 Å². The van der Waals surface area contributed by atoms with Gasteiger partial charge in [-0.05, 0) is 147 Å². The second-order valence-electron chi connectivity index (χ2n) is 21.6. The van der Waals surface area contributed by atoms with Crippen molar-refractivity contribution < 1.29 is 47.5 Å². The number of hydrogen-bond acceptors (Lipinski definition) is 13. The molecule has 9 rings (SSSR count). The van der Waals surface area contributed by atoms with Crippen LogP contribution in [0.25, 0.3) is 32.9 Å². The second kappa shape index (κ2) is 21.4. The number of pyridine rings is 2. The van der Waals surface area contributed by atoms with Crippen LogP contribution in [0.5, 0.6) is 28.7 Å². The first-order valence-corrected chi connectivity index (χ1v) is 28.2. The molecule has 2 bridgehead atoms. The molecule has 0 unspecified atom stereocenters. The van der Waals surface area contributed by atoms with Crippen molar-refractivity contribution in [3.8, 4) is 40.1 Å². The highest BCUT2D eigenvalue weighted by Gasteiger charge is 2.52. The Kier molecular flexibility index (Phi) is 16.1. The molecule has 4 atom stereocenters. The van der Waals surface area contributed by atoms with Crippen molar-refractivity contribution in [2.24, 2.45) is 0 Å². The Morgan fingerprint density at radius 2 is 1.36 bits per heavy atom. The minimum Gasteiger partial charge on any atom is -0.496 e. The fraction of sp³-hybridized carbons (Fsp3) is 0.467. The van der Waals surface area contributed by atoms with E-state index in [1.807, 2.05) is 38.7 Å². The number of amides is 1. The summed E-state index contributed by atoms with van der Waals surface area (Å²) in [6.07, 6.45) is 1.22. The van der Waals surface area contributed by atoms with Crippen LogP contribution >= 0.6 is 0 Å². The van der Waals surface area contributed by atoms with Crippen LogP contribution in [-0.2, 0) is 33.4 Å². The maximum absolute atomic E-state index is 13.8. The minimum absolute atomic E-state index is 0. The summed E-state index contributed by atoms with van der Waals surface area (Å²) in [6, 6.07) is 11.2. The fourth-order valence-electron chi connectivity index (χ4n) is 11.2. The summed E-state index contributed by atoms with van der Waals surface area (Å²) in [5, 5.41) is 17.7. The molecule has 1 fully saturated rings. The third-order valence-corrected chi connectivity index (χ3v) is 21.0. The Labute approximate surface area is 444 Å². The lowest BCUT2D eigenvalue weighted by atomic mass is 9.74. The van der Waals surface area contributed by atoms with Gasteiger partial charge in [-0.1, -0.05) is 40.3 Å². The number of aromatic nitrogens is 2. The first-order valence-electron chi connectivity index (χ1n) is 25.3. The van der Waals surface area contributed by atoms with E-state index in [-0.39, 0.29) is 48.8 Å². The molecule has 4 aromatic carbocycles. The average molecular weight is 1040 g/mol. The van der Waals surface area contributed by atoms with Crippen LogP contribution in [0.15, 0.2) is 36.4 Å². The van der Waals surface area contributed by atoms with Crippen molar-refractivity contribution >= 4 is 41.7 Å². The first kappa shape index (κ1) is 56.5. The molecule has 2 aromatic heterocycles. The number of hydrogen-bond donors (Lipinski definition) is 2. The number of carbonyl (C=O) groups excluding carboxylic acids is 2. The van der Waals surface area contributed by atoms with Gasteiger partial charge in [-0.15, -0.1) is 0 Å². The Bertz CT molecular complexity index is 3240. The number of nitrogens with one attached hydrogen (secondary N) is 1. The molecule has 402 valence electrons. The summed E-state index contributed by atoms with van der Waals surface area (Å²) in [5.74, 6) is 3.33. The molecular formula is C60H78N4O10Si. The van der Waals surface area contributed by atoms with Gasteiger partial charge in [0, 0.05) is 39.3 Å². The lowest BCUT2D eigenvalue weighted by molar-refractivity contribution is -0.147. The fourth-order valence-corrected chi connectivity index (χ4v) is 12.1. The number of nitrogens with zero attached hydrogens (tertiary/aromatic N) is 3. The molecule has 6 aromatic rings. The van der Waals surface area contributed by atoms with Gasteiger partial charge < -0.3 is 42.9 Å². The van der Waals surface area contributed by atoms with E-state index in [4.69, 9.17) is 42.8 Å². The summed E-state index contributed by atoms with van der Waals surface area (Å²) in [7, 11) is 7.59. The topological polar surface area (TPSA) is 160 Å². The molecule has 0 spiro atoms. The summed E-state index contributed by atoms with van der Waals surface area (Å²) >= 11 is 0. The number of esters is 1. The molecule has 15 heteroatoms. The largest absolute Gasteiger partial charge is 0.496 e. The molecule has 3 aliphatic heterocycles. The highest BCUT2D eigenvalue weighted by atomic mass is 28.4. The predicted octanol–water partition coefficient (Wildman–Crippen LogP) is 11.3. The van der Waals surface area contributed by atoms with Gasteiger partial charge >= 0.3 is 5.97 Å². The van der Waals surface area contributed by atoms with Gasteiger partial charge in [0.2, 0.25) is 5.91 Å². The van der Waals surface area contributed by atoms with E-state index in [0.29, 0.717) is 36.6 Å². The number of ether oxygens (including phenoxy) is 6. The molecule has 14 nitrogen and oxygen atoms in total. The minimum atomic E-state index is -2.10. The van der Waals surface area contributed by atoms with Gasteiger partial charge in [0.05, 0.1) is 97.1 Å². The van der Waals surface area contributed by atoms with Crippen molar-refractivity contribution in [1.82, 2.24) is 20.2 Å². The standard InChI is InChI=1S/C33H42N2O5Si.C26H32N2O5.CH4/c1-18-13-22-15-25(34-27(28(22)31(38-9)21(18)4)17-40-41(11,12)33(5,6)7)29-23-14-19(2)20(3)30(37-8)24(23)16-26(35-29)32(36)39-10;1-12-7-15-8-19-23-16-10-21(31-4)14(3)24(32-5)17(16)9-18(27-23)26(30)28(19)20(11-29)22(15)25(33-6)13(12)2;/h13-16H,17H2,1-12H3;7,10,18-20,23,27,29H,8-9,11H2,1-6H3;1H4/t;18-,19-,20-,23+;/m.0./s1. The molecule has 75 heavy (non-hydrogen) atoms. The molecule has 0 radical (unpaired) electrons. The third-order valence-electron chi connectivity index (χ3n) is 16.5. The Morgan fingerprint density at radius 3 is 1.96 bits per heavy atom. The van der Waals surface area contributed by atoms with E-state index in [1.54, 1.807) is 41.6 Å². The summed E-state index contributed by atoms with van der Waals surface area (Å²) in [4.78, 5) is 38.4. The maximum Gasteiger partial charge on any atom is 0.356 e. The van der Waals surface area contributed by atoms with Crippen molar-refractivity contribution in [2.45, 2.75) is 138 Å². The van der Waals surface area contributed by atoms with Gasteiger partial charge in [0.25, 0.3) is 0 Å². The van der Waals surface area contributed by atoms with Gasteiger partial charge in [-0.3, -0.25) is 10.1 Å². The van der Waals surface area contributed by atoms with E-state index < -0.39 is 20.3 Å². The van der Waals surface area contributed by atoms with Gasteiger partial charge in [0.15, 0.2) is 8.32 Å². The van der Waals surface area contributed by atoms with Crippen molar-refractivity contribution in [3.05, 3.63) is 109 Å². The Balaban J connectivity index is 0.000000220. The number of carbonyl (C=O) groups is 2. The SMILES string of the molecule is C.COC(=O)c1cc2c(OC)c(C)c(C)cc2c(-c2cc3cc(C)c(C)c(OC)c3c(CO[Si](C)(C)C(C)(C)C)n2)n1.COc1cc2c(c(OC)c1C)C[C@@H]1N[C@H]2[C@@H]2Cc3cc(C)c(C)c(OC)c3[C@H](CO)N2C1=O. The van der Waals surface area contributed by atoms with E-state index >= 15 is 0 Å². The molecule has 2 N–H and O–H groups in total. The summed E-state index contributed by atoms with van der Waals surface area (Å²) < 4.78 is 40.8. The monoisotopic (exact) mass is 1040 g/mol. The molecule has 1 saturated heterocycles. The van der Waals surface area contributed by atoms with Crippen LogP contribution in [0.1, 0.15) is 118 Å². The van der Waals surface area contributed by atoms with Crippen LogP contribution in [0, 0.1) is 48.5 Å². The van der Waals surface area contributed by atoms with E-state index in [2.05, 4.69) is 84.2 Å². The van der Waals surface area contributed by atoms with Crippen molar-refractivity contribution in [3.63, 3.8) is 0 Å². The maximum atomic E-state index is 13.8. The molecule has 0 saturated carbocycles. The van der Waals surface area contributed by atoms with Gasteiger partial charge in [-0.2, -0.15) is 0 Å². The van der Waals surface area contributed by atoms with E-state index in [9.17, 15) is 14.7 Å². The molecule has 1 amide bonds. The number of aryl methyl sites for hydroxylation is 3. The summed E-state index contributed by atoms with van der Waals surface area (Å²) in [5.41, 5.74) is 13.8. The number of fused-ring (bicyclic) bond motifs is 9. The molecule has 0 aliphatic carbocycles. The average Bonchev–Trinajstić information content (AvgIpc) is 3.37. The third kappa shape index (κ3) is 9.59. The van der Waals surface area contributed by atoms with Gasteiger partial charge in [-0.25, -0.2) is 14.8 Å². The Morgan fingerprint density at radius 1 is 0.747 bits per heavy atom. The first-order chi connectivity index (χ1) is 35.0. The van der Waals surface area contributed by atoms with Crippen LogP contribution in [0.2, 0.25) is 18.1 Å². The molecular weight excluding hydrogens is 965 g/mol. The number of methoxy groups -OCH3 is 6. The normalized spacial score (nSPS) is 17.7. The molecule has 3 aliphatic rings. The lowest BCUT2D eigenvalue weighted by Crippen LogP contribution is -2.66. The van der Waals surface area contributed by atoms with E-state index in [0.717, 1.165) is 111 Å². The number of aliphatic hydroxyl groups excluding tert-OH is 1. The van der Waals surface area contributed by atoms with Crippen LogP contribution in [-0.4, -0.2) is 102 Å². The molecule has 5 heterocycles. The van der Waals surface area contributed by atoms with Crippen LogP contribution in [0.4, 0.5) is 0 Å². The number of piperazine rings is 1. The predicted molar refractivity (Wildman–Crippen MR) is 299 cm³/mol. The smallest absolute Gasteiger partial charge is 0.356 e. The zero-order chi connectivity index (χ0) is 54.0. The van der Waals surface area contributed by atoms with Crippen LogP contribution < -0.4 is 29.0 Å².